The van der Waals surface area contributed by atoms with E-state index in [1.54, 1.807) is 0 Å². The van der Waals surface area contributed by atoms with Gasteiger partial charge in [0.15, 0.2) is 0 Å². The zero-order valence-corrected chi connectivity index (χ0v) is 8.24. The predicted octanol–water partition coefficient (Wildman–Crippen LogP) is 1.34. The average molecular weight is 188 g/mol. The van der Waals surface area contributed by atoms with Crippen LogP contribution in [0.15, 0.2) is 35.3 Å². The second-order valence-electron chi connectivity index (χ2n) is 3.88. The highest BCUT2D eigenvalue weighted by molar-refractivity contribution is 6.13. The van der Waals surface area contributed by atoms with Gasteiger partial charge in [-0.15, -0.1) is 0 Å². The number of aliphatic imine (C=N–C) groups is 1. The molecule has 2 rings (SSSR count). The van der Waals surface area contributed by atoms with Gasteiger partial charge in [-0.2, -0.15) is 4.99 Å². The molecule has 0 radical (unpaired) electrons. The van der Waals surface area contributed by atoms with E-state index in [0.717, 1.165) is 5.56 Å². The molecule has 0 saturated heterocycles. The molecule has 1 heterocycles. The Bertz CT molecular complexity index is 393. The molecule has 0 atom stereocenters. The standard InChI is InChI=1S/C11H12N2O/c1-11(2)10(14)12-9(13-11)8-6-4-3-5-7-8/h3-7H,1-2H3,(H,12,13,14). The summed E-state index contributed by atoms with van der Waals surface area (Å²) in [6, 6.07) is 9.65. The largest absolute Gasteiger partial charge is 0.356 e. The highest BCUT2D eigenvalue weighted by Gasteiger charge is 2.34. The van der Waals surface area contributed by atoms with Crippen LogP contribution in [0.2, 0.25) is 0 Å². The third-order valence-corrected chi connectivity index (χ3v) is 2.23. The molecule has 1 aliphatic heterocycles. The molecule has 72 valence electrons. The lowest BCUT2D eigenvalue weighted by molar-refractivity contribution is -0.121. The van der Waals surface area contributed by atoms with Crippen LogP contribution in [0.3, 0.4) is 0 Å². The Balaban J connectivity index is 2.33. The molecular weight excluding hydrogens is 176 g/mol. The van der Waals surface area contributed by atoms with Gasteiger partial charge in [-0.25, -0.2) is 0 Å². The Labute approximate surface area is 82.9 Å². The van der Waals surface area contributed by atoms with Crippen molar-refractivity contribution in [1.29, 1.82) is 0 Å². The lowest BCUT2D eigenvalue weighted by atomic mass is 10.1. The molecule has 1 aliphatic rings. The quantitative estimate of drug-likeness (QED) is 0.722. The average Bonchev–Trinajstić information content (AvgIpc) is 2.43. The molecule has 1 N–H and O–H groups in total. The third-order valence-electron chi connectivity index (χ3n) is 2.23. The van der Waals surface area contributed by atoms with E-state index in [1.165, 1.54) is 0 Å². The smallest absolute Gasteiger partial charge is 0.272 e. The molecule has 3 nitrogen and oxygen atoms in total. The third kappa shape index (κ3) is 1.41. The van der Waals surface area contributed by atoms with E-state index in [0.29, 0.717) is 5.84 Å². The van der Waals surface area contributed by atoms with E-state index in [1.807, 2.05) is 44.2 Å². The van der Waals surface area contributed by atoms with Crippen LogP contribution in [0.1, 0.15) is 19.4 Å². The fraction of sp³-hybridized carbons (Fsp3) is 0.273. The topological polar surface area (TPSA) is 41.5 Å². The molecule has 1 aromatic rings. The van der Waals surface area contributed by atoms with Gasteiger partial charge < -0.3 is 5.32 Å². The van der Waals surface area contributed by atoms with E-state index >= 15 is 0 Å². The van der Waals surface area contributed by atoms with Crippen LogP contribution < -0.4 is 5.32 Å². The SMILES string of the molecule is CC1(C)NC(c2ccccc2)=NC1=O. The lowest BCUT2D eigenvalue weighted by Crippen LogP contribution is -2.42. The first-order valence-corrected chi connectivity index (χ1v) is 4.56. The first-order valence-electron chi connectivity index (χ1n) is 4.56. The van der Waals surface area contributed by atoms with Crippen molar-refractivity contribution >= 4 is 11.7 Å². The highest BCUT2D eigenvalue weighted by atomic mass is 16.2. The zero-order chi connectivity index (χ0) is 10.2. The normalized spacial score (nSPS) is 19.0. The number of amides is 1. The van der Waals surface area contributed by atoms with E-state index in [-0.39, 0.29) is 5.91 Å². The van der Waals surface area contributed by atoms with Crippen molar-refractivity contribution in [3.8, 4) is 0 Å². The Morgan fingerprint density at radius 1 is 1.21 bits per heavy atom. The molecule has 0 bridgehead atoms. The van der Waals surface area contributed by atoms with Crippen LogP contribution in [0.4, 0.5) is 0 Å². The molecule has 14 heavy (non-hydrogen) atoms. The highest BCUT2D eigenvalue weighted by Crippen LogP contribution is 2.14. The maximum absolute atomic E-state index is 11.4. The molecular formula is C11H12N2O. The van der Waals surface area contributed by atoms with Crippen molar-refractivity contribution in [3.63, 3.8) is 0 Å². The van der Waals surface area contributed by atoms with Crippen LogP contribution in [0, 0.1) is 0 Å². The van der Waals surface area contributed by atoms with Gasteiger partial charge in [0.25, 0.3) is 5.91 Å². The van der Waals surface area contributed by atoms with Gasteiger partial charge in [-0.1, -0.05) is 30.3 Å². The maximum Gasteiger partial charge on any atom is 0.272 e. The maximum atomic E-state index is 11.4. The number of hydrogen-bond acceptors (Lipinski definition) is 2. The monoisotopic (exact) mass is 188 g/mol. The number of carbonyl (C=O) groups excluding carboxylic acids is 1. The summed E-state index contributed by atoms with van der Waals surface area (Å²) in [7, 11) is 0. The van der Waals surface area contributed by atoms with Crippen LogP contribution in [-0.4, -0.2) is 17.3 Å². The Morgan fingerprint density at radius 2 is 1.86 bits per heavy atom. The van der Waals surface area contributed by atoms with Gasteiger partial charge in [0.1, 0.15) is 11.4 Å². The Hall–Kier alpha value is -1.64. The van der Waals surface area contributed by atoms with Crippen LogP contribution in [0.5, 0.6) is 0 Å². The minimum Gasteiger partial charge on any atom is -0.356 e. The van der Waals surface area contributed by atoms with Crippen molar-refractivity contribution in [2.24, 2.45) is 4.99 Å². The number of carbonyl (C=O) groups is 1. The number of amidine groups is 1. The second-order valence-corrected chi connectivity index (χ2v) is 3.88. The van der Waals surface area contributed by atoms with Gasteiger partial charge in [-0.3, -0.25) is 4.79 Å². The van der Waals surface area contributed by atoms with Gasteiger partial charge in [-0.05, 0) is 13.8 Å². The molecule has 3 heteroatoms. The number of hydrogen-bond donors (Lipinski definition) is 1. The second kappa shape index (κ2) is 2.94. The van der Waals surface area contributed by atoms with Crippen molar-refractivity contribution in [2.75, 3.05) is 0 Å². The van der Waals surface area contributed by atoms with Gasteiger partial charge >= 0.3 is 0 Å². The Kier molecular flexibility index (Phi) is 1.88. The molecule has 0 fully saturated rings. The van der Waals surface area contributed by atoms with Crippen molar-refractivity contribution in [3.05, 3.63) is 35.9 Å². The van der Waals surface area contributed by atoms with Crippen molar-refractivity contribution in [1.82, 2.24) is 5.32 Å². The van der Waals surface area contributed by atoms with Crippen LogP contribution >= 0.6 is 0 Å². The van der Waals surface area contributed by atoms with Gasteiger partial charge in [0, 0.05) is 5.56 Å². The number of nitrogens with zero attached hydrogens (tertiary/aromatic N) is 1. The molecule has 1 amide bonds. The van der Waals surface area contributed by atoms with Gasteiger partial charge in [0.05, 0.1) is 0 Å². The minimum atomic E-state index is -0.564. The summed E-state index contributed by atoms with van der Waals surface area (Å²) in [4.78, 5) is 15.4. The van der Waals surface area contributed by atoms with Crippen molar-refractivity contribution < 1.29 is 4.79 Å². The van der Waals surface area contributed by atoms with E-state index in [2.05, 4.69) is 10.3 Å². The molecule has 0 aliphatic carbocycles. The lowest BCUT2D eigenvalue weighted by Gasteiger charge is -2.16. The summed E-state index contributed by atoms with van der Waals surface area (Å²) in [5.74, 6) is 0.553. The summed E-state index contributed by atoms with van der Waals surface area (Å²) in [6.07, 6.45) is 0. The summed E-state index contributed by atoms with van der Waals surface area (Å²) in [5.41, 5.74) is 0.386. The first kappa shape index (κ1) is 8.94. The zero-order valence-electron chi connectivity index (χ0n) is 8.24. The minimum absolute atomic E-state index is 0.114. The molecule has 0 spiro atoms. The number of nitrogens with one attached hydrogen (secondary N) is 1. The molecule has 0 aromatic heterocycles. The predicted molar refractivity (Wildman–Crippen MR) is 55.2 cm³/mol. The summed E-state index contributed by atoms with van der Waals surface area (Å²) in [6.45, 7) is 3.66. The summed E-state index contributed by atoms with van der Waals surface area (Å²) < 4.78 is 0. The number of rotatable bonds is 1. The fourth-order valence-corrected chi connectivity index (χ4v) is 1.35. The number of benzene rings is 1. The first-order chi connectivity index (χ1) is 6.59. The van der Waals surface area contributed by atoms with E-state index in [4.69, 9.17) is 0 Å². The fourth-order valence-electron chi connectivity index (χ4n) is 1.35. The van der Waals surface area contributed by atoms with Crippen molar-refractivity contribution in [2.45, 2.75) is 19.4 Å². The molecule has 0 saturated carbocycles. The van der Waals surface area contributed by atoms with Crippen LogP contribution in [0.25, 0.3) is 0 Å². The molecule has 1 aromatic carbocycles. The van der Waals surface area contributed by atoms with Crippen LogP contribution in [-0.2, 0) is 4.79 Å². The van der Waals surface area contributed by atoms with E-state index < -0.39 is 5.54 Å². The molecule has 0 unspecified atom stereocenters. The van der Waals surface area contributed by atoms with Gasteiger partial charge in [0.2, 0.25) is 0 Å². The van der Waals surface area contributed by atoms with E-state index in [9.17, 15) is 4.79 Å². The summed E-state index contributed by atoms with van der Waals surface area (Å²) in [5, 5.41) is 3.10. The Morgan fingerprint density at radius 3 is 2.36 bits per heavy atom. The summed E-state index contributed by atoms with van der Waals surface area (Å²) >= 11 is 0.